The summed E-state index contributed by atoms with van der Waals surface area (Å²) in [7, 11) is 0. The molecule has 0 amide bonds. The third-order valence-electron chi connectivity index (χ3n) is 3.72. The van der Waals surface area contributed by atoms with Crippen LogP contribution in [0.5, 0.6) is 0 Å². The summed E-state index contributed by atoms with van der Waals surface area (Å²) in [6.45, 7) is 16.1. The molecule has 0 saturated heterocycles. The Labute approximate surface area is 107 Å². The minimum atomic E-state index is 0.213. The molecule has 102 valence electrons. The topological polar surface area (TPSA) is 33.3 Å². The van der Waals surface area contributed by atoms with Gasteiger partial charge >= 0.3 is 0 Å². The Bertz CT molecular complexity index is 233. The lowest BCUT2D eigenvalue weighted by Gasteiger charge is -2.52. The predicted molar refractivity (Wildman–Crippen MR) is 73.4 cm³/mol. The van der Waals surface area contributed by atoms with Gasteiger partial charge in [0.15, 0.2) is 0 Å². The van der Waals surface area contributed by atoms with Crippen LogP contribution in [-0.4, -0.2) is 37.4 Å². The van der Waals surface area contributed by atoms with Gasteiger partial charge in [-0.2, -0.15) is 0 Å². The molecule has 0 aromatic heterocycles. The molecule has 2 N–H and O–H groups in total. The Morgan fingerprint density at radius 3 is 2.35 bits per heavy atom. The molecular formula is C14H30N2O. The van der Waals surface area contributed by atoms with E-state index in [-0.39, 0.29) is 11.0 Å². The van der Waals surface area contributed by atoms with Gasteiger partial charge in [0, 0.05) is 36.7 Å². The highest BCUT2D eigenvalue weighted by Crippen LogP contribution is 2.42. The molecule has 1 aliphatic rings. The van der Waals surface area contributed by atoms with E-state index in [2.05, 4.69) is 52.2 Å². The molecule has 2 unspecified atom stereocenters. The highest BCUT2D eigenvalue weighted by atomic mass is 16.5. The molecule has 3 nitrogen and oxygen atoms in total. The van der Waals surface area contributed by atoms with Crippen LogP contribution in [0.3, 0.4) is 0 Å². The first-order valence-corrected chi connectivity index (χ1v) is 6.87. The fourth-order valence-electron chi connectivity index (χ4n) is 2.40. The highest BCUT2D eigenvalue weighted by molar-refractivity contribution is 5.02. The van der Waals surface area contributed by atoms with E-state index in [0.717, 1.165) is 26.1 Å². The summed E-state index contributed by atoms with van der Waals surface area (Å²) in [5.41, 5.74) is 0.489. The van der Waals surface area contributed by atoms with E-state index in [1.54, 1.807) is 0 Å². The molecule has 17 heavy (non-hydrogen) atoms. The number of hydrogen-bond donors (Lipinski definition) is 2. The molecule has 1 aliphatic carbocycles. The number of hydrogen-bond acceptors (Lipinski definition) is 3. The Balaban J connectivity index is 2.18. The van der Waals surface area contributed by atoms with Gasteiger partial charge in [-0.1, -0.05) is 13.8 Å². The molecule has 0 aromatic carbocycles. The lowest BCUT2D eigenvalue weighted by molar-refractivity contribution is -0.113. The van der Waals surface area contributed by atoms with Crippen molar-refractivity contribution < 1.29 is 4.74 Å². The quantitative estimate of drug-likeness (QED) is 0.700. The lowest BCUT2D eigenvalue weighted by Crippen LogP contribution is -2.61. The van der Waals surface area contributed by atoms with E-state index in [1.165, 1.54) is 0 Å². The Morgan fingerprint density at radius 1 is 1.24 bits per heavy atom. The average molecular weight is 242 g/mol. The van der Waals surface area contributed by atoms with Crippen molar-refractivity contribution in [3.63, 3.8) is 0 Å². The van der Waals surface area contributed by atoms with Gasteiger partial charge in [-0.25, -0.2) is 0 Å². The minimum absolute atomic E-state index is 0.213. The summed E-state index contributed by atoms with van der Waals surface area (Å²) in [5.74, 6) is 0. The van der Waals surface area contributed by atoms with Crippen LogP contribution in [0.15, 0.2) is 0 Å². The number of rotatable bonds is 6. The molecule has 1 saturated carbocycles. The van der Waals surface area contributed by atoms with Gasteiger partial charge < -0.3 is 15.4 Å². The van der Waals surface area contributed by atoms with Crippen LogP contribution in [0.1, 0.15) is 48.0 Å². The Kier molecular flexibility index (Phi) is 4.99. The van der Waals surface area contributed by atoms with Gasteiger partial charge in [0.25, 0.3) is 0 Å². The van der Waals surface area contributed by atoms with Gasteiger partial charge in [0.05, 0.1) is 6.10 Å². The second-order valence-electron chi connectivity index (χ2n) is 6.68. The molecular weight excluding hydrogens is 212 g/mol. The smallest absolute Gasteiger partial charge is 0.0655 e. The maximum absolute atomic E-state index is 5.73. The highest BCUT2D eigenvalue weighted by Gasteiger charge is 2.48. The second-order valence-corrected chi connectivity index (χ2v) is 6.68. The molecule has 0 aromatic rings. The molecule has 0 bridgehead atoms. The van der Waals surface area contributed by atoms with Crippen LogP contribution in [0.25, 0.3) is 0 Å². The van der Waals surface area contributed by atoms with Crippen LogP contribution >= 0.6 is 0 Å². The summed E-state index contributed by atoms with van der Waals surface area (Å²) in [5, 5.41) is 7.12. The van der Waals surface area contributed by atoms with Gasteiger partial charge in [-0.15, -0.1) is 0 Å². The van der Waals surface area contributed by atoms with E-state index in [1.807, 2.05) is 0 Å². The average Bonchev–Trinajstić information content (AvgIpc) is 2.19. The van der Waals surface area contributed by atoms with Crippen molar-refractivity contribution in [3.8, 4) is 0 Å². The van der Waals surface area contributed by atoms with Gasteiger partial charge in [0.1, 0.15) is 0 Å². The zero-order chi connectivity index (χ0) is 13.1. The van der Waals surface area contributed by atoms with Crippen molar-refractivity contribution in [1.29, 1.82) is 0 Å². The normalized spacial score (nSPS) is 27.9. The van der Waals surface area contributed by atoms with Crippen molar-refractivity contribution in [2.24, 2.45) is 5.41 Å². The van der Waals surface area contributed by atoms with Crippen LogP contribution in [-0.2, 0) is 4.74 Å². The molecule has 1 fully saturated rings. The number of ether oxygens (including phenoxy) is 1. The summed E-state index contributed by atoms with van der Waals surface area (Å²) in [6.07, 6.45) is 1.58. The fraction of sp³-hybridized carbons (Fsp3) is 1.00. The zero-order valence-corrected chi connectivity index (χ0v) is 12.4. The lowest BCUT2D eigenvalue weighted by atomic mass is 9.64. The summed E-state index contributed by atoms with van der Waals surface area (Å²) >= 11 is 0. The molecule has 2 atom stereocenters. The Hall–Kier alpha value is -0.120. The van der Waals surface area contributed by atoms with E-state index < -0.39 is 0 Å². The molecule has 0 spiro atoms. The molecule has 0 heterocycles. The van der Waals surface area contributed by atoms with Crippen LogP contribution in [0.4, 0.5) is 0 Å². The van der Waals surface area contributed by atoms with E-state index in [4.69, 9.17) is 4.74 Å². The van der Waals surface area contributed by atoms with E-state index in [0.29, 0.717) is 12.1 Å². The Morgan fingerprint density at radius 2 is 1.88 bits per heavy atom. The van der Waals surface area contributed by atoms with E-state index in [9.17, 15) is 0 Å². The van der Waals surface area contributed by atoms with Crippen molar-refractivity contribution >= 4 is 0 Å². The van der Waals surface area contributed by atoms with E-state index >= 15 is 0 Å². The van der Waals surface area contributed by atoms with Crippen molar-refractivity contribution in [2.75, 3.05) is 19.7 Å². The second kappa shape index (κ2) is 5.68. The van der Waals surface area contributed by atoms with Gasteiger partial charge in [0.2, 0.25) is 0 Å². The first-order valence-electron chi connectivity index (χ1n) is 6.87. The van der Waals surface area contributed by atoms with Crippen LogP contribution in [0, 0.1) is 5.41 Å². The van der Waals surface area contributed by atoms with Crippen LogP contribution in [0.2, 0.25) is 0 Å². The molecule has 3 heteroatoms. The van der Waals surface area contributed by atoms with Crippen molar-refractivity contribution in [3.05, 3.63) is 0 Å². The van der Waals surface area contributed by atoms with Crippen molar-refractivity contribution in [1.82, 2.24) is 10.6 Å². The summed E-state index contributed by atoms with van der Waals surface area (Å²) < 4.78 is 5.73. The zero-order valence-electron chi connectivity index (χ0n) is 12.4. The third kappa shape index (κ3) is 4.23. The number of nitrogens with one attached hydrogen (secondary N) is 2. The predicted octanol–water partition coefficient (Wildman–Crippen LogP) is 2.17. The minimum Gasteiger partial charge on any atom is -0.378 e. The fourth-order valence-corrected chi connectivity index (χ4v) is 2.40. The standard InChI is InChI=1S/C14H30N2O/c1-7-17-12-10-11(14(12,5)6)15-8-9-16-13(2,3)4/h11-12,15-16H,7-10H2,1-6H3. The molecule has 0 radical (unpaired) electrons. The molecule has 0 aliphatic heterocycles. The maximum Gasteiger partial charge on any atom is 0.0655 e. The molecule has 1 rings (SSSR count). The van der Waals surface area contributed by atoms with Gasteiger partial charge in [-0.05, 0) is 34.1 Å². The third-order valence-corrected chi connectivity index (χ3v) is 3.72. The van der Waals surface area contributed by atoms with Gasteiger partial charge in [-0.3, -0.25) is 0 Å². The first kappa shape index (κ1) is 14.9. The summed E-state index contributed by atoms with van der Waals surface area (Å²) in [6, 6.07) is 0.598. The SMILES string of the molecule is CCOC1CC(NCCNC(C)(C)C)C1(C)C. The monoisotopic (exact) mass is 242 g/mol. The maximum atomic E-state index is 5.73. The summed E-state index contributed by atoms with van der Waals surface area (Å²) in [4.78, 5) is 0. The van der Waals surface area contributed by atoms with Crippen molar-refractivity contribution in [2.45, 2.75) is 65.6 Å². The largest absolute Gasteiger partial charge is 0.378 e. The van der Waals surface area contributed by atoms with Crippen LogP contribution < -0.4 is 10.6 Å². The first-order chi connectivity index (χ1) is 7.77.